The summed E-state index contributed by atoms with van der Waals surface area (Å²) in [5, 5.41) is 0. The van der Waals surface area contributed by atoms with Crippen molar-refractivity contribution in [2.75, 3.05) is 0 Å². The van der Waals surface area contributed by atoms with Crippen LogP contribution in [0.5, 0.6) is 0 Å². The third-order valence-corrected chi connectivity index (χ3v) is 4.00. The molecule has 2 N–H and O–H groups in total. The zero-order valence-corrected chi connectivity index (χ0v) is 12.2. The van der Waals surface area contributed by atoms with Crippen molar-refractivity contribution >= 4 is 12.4 Å². The molecule has 20 heavy (non-hydrogen) atoms. The first-order valence-electron chi connectivity index (χ1n) is 6.58. The predicted molar refractivity (Wildman–Crippen MR) is 80.5 cm³/mol. The van der Waals surface area contributed by atoms with Crippen LogP contribution in [0, 0.1) is 5.95 Å². The lowest BCUT2D eigenvalue weighted by molar-refractivity contribution is 0.537. The van der Waals surface area contributed by atoms with Crippen molar-refractivity contribution < 1.29 is 4.39 Å². The monoisotopic (exact) mass is 292 g/mol. The minimum absolute atomic E-state index is 0. The summed E-state index contributed by atoms with van der Waals surface area (Å²) in [5.74, 6) is -0.371. The number of pyridine rings is 1. The van der Waals surface area contributed by atoms with Gasteiger partial charge in [-0.1, -0.05) is 43.3 Å². The number of aromatic nitrogens is 1. The molecule has 1 aromatic heterocycles. The lowest BCUT2D eigenvalue weighted by atomic mass is 9.98. The van der Waals surface area contributed by atoms with Gasteiger partial charge in [-0.15, -0.1) is 12.4 Å². The van der Waals surface area contributed by atoms with Crippen LogP contribution >= 0.6 is 12.4 Å². The van der Waals surface area contributed by atoms with E-state index in [0.29, 0.717) is 5.69 Å². The highest BCUT2D eigenvalue weighted by Gasteiger charge is 2.41. The first-order chi connectivity index (χ1) is 9.10. The average Bonchev–Trinajstić information content (AvgIpc) is 3.17. The van der Waals surface area contributed by atoms with E-state index in [2.05, 4.69) is 11.9 Å². The van der Waals surface area contributed by atoms with Gasteiger partial charge in [0, 0.05) is 5.56 Å². The molecule has 3 rings (SSSR count). The number of nitrogens with two attached hydrogens (primary N) is 1. The van der Waals surface area contributed by atoms with Gasteiger partial charge in [-0.05, 0) is 29.9 Å². The normalized spacial score (nSPS) is 17.1. The molecular formula is C16H18ClFN2. The highest BCUT2D eigenvalue weighted by molar-refractivity contribution is 5.85. The van der Waals surface area contributed by atoms with Crippen molar-refractivity contribution in [2.45, 2.75) is 31.2 Å². The van der Waals surface area contributed by atoms with Gasteiger partial charge in [-0.3, -0.25) is 0 Å². The molecule has 1 aliphatic rings. The lowest BCUT2D eigenvalue weighted by Crippen LogP contribution is -2.16. The second-order valence-corrected chi connectivity index (χ2v) is 5.52. The zero-order valence-electron chi connectivity index (χ0n) is 11.3. The fourth-order valence-electron chi connectivity index (χ4n) is 2.36. The van der Waals surface area contributed by atoms with E-state index in [1.807, 2.05) is 42.5 Å². The van der Waals surface area contributed by atoms with Gasteiger partial charge in [0.15, 0.2) is 0 Å². The first-order valence-corrected chi connectivity index (χ1v) is 6.58. The summed E-state index contributed by atoms with van der Waals surface area (Å²) >= 11 is 0. The van der Waals surface area contributed by atoms with Crippen molar-refractivity contribution in [3.63, 3.8) is 0 Å². The van der Waals surface area contributed by atoms with Crippen LogP contribution < -0.4 is 5.73 Å². The van der Waals surface area contributed by atoms with Crippen molar-refractivity contribution in [3.8, 4) is 0 Å². The fraction of sp³-hybridized carbons (Fsp3) is 0.312. The van der Waals surface area contributed by atoms with E-state index in [9.17, 15) is 4.39 Å². The van der Waals surface area contributed by atoms with Crippen LogP contribution in [0.25, 0.3) is 0 Å². The molecular weight excluding hydrogens is 275 g/mol. The second kappa shape index (κ2) is 5.51. The summed E-state index contributed by atoms with van der Waals surface area (Å²) in [4.78, 5) is 4.06. The Morgan fingerprint density at radius 2 is 1.80 bits per heavy atom. The van der Waals surface area contributed by atoms with Crippen LogP contribution in [0.3, 0.4) is 0 Å². The number of halogens is 2. The third kappa shape index (κ3) is 2.69. The van der Waals surface area contributed by atoms with E-state index in [1.165, 1.54) is 0 Å². The van der Waals surface area contributed by atoms with Crippen LogP contribution in [-0.4, -0.2) is 4.98 Å². The van der Waals surface area contributed by atoms with Gasteiger partial charge in [0.25, 0.3) is 0 Å². The quantitative estimate of drug-likeness (QED) is 0.875. The summed E-state index contributed by atoms with van der Waals surface area (Å²) in [6.45, 7) is 2.07. The molecule has 0 saturated heterocycles. The maximum Gasteiger partial charge on any atom is 0.216 e. The molecule has 4 heteroatoms. The molecule has 1 unspecified atom stereocenters. The average molecular weight is 293 g/mol. The standard InChI is InChI=1S/C16H17FN2.ClH/c1-16(9-10-16)12-7-8-13(19-15(12)17)14(18)11-5-3-2-4-6-11;/h2-8,14H,9-10,18H2,1H3;1H. The van der Waals surface area contributed by atoms with Gasteiger partial charge in [0.2, 0.25) is 5.95 Å². The fourth-order valence-corrected chi connectivity index (χ4v) is 2.36. The van der Waals surface area contributed by atoms with E-state index < -0.39 is 0 Å². The van der Waals surface area contributed by atoms with E-state index in [0.717, 1.165) is 24.0 Å². The van der Waals surface area contributed by atoms with Crippen molar-refractivity contribution in [3.05, 3.63) is 65.2 Å². The lowest BCUT2D eigenvalue weighted by Gasteiger charge is -2.14. The molecule has 106 valence electrons. The third-order valence-electron chi connectivity index (χ3n) is 4.00. The molecule has 1 fully saturated rings. The number of nitrogens with zero attached hydrogens (tertiary/aromatic N) is 1. The molecule has 2 nitrogen and oxygen atoms in total. The molecule has 1 saturated carbocycles. The Hall–Kier alpha value is -1.45. The van der Waals surface area contributed by atoms with E-state index in [1.54, 1.807) is 0 Å². The molecule has 1 aliphatic carbocycles. The second-order valence-electron chi connectivity index (χ2n) is 5.52. The van der Waals surface area contributed by atoms with Crippen molar-refractivity contribution in [2.24, 2.45) is 5.73 Å². The Bertz CT molecular complexity index is 597. The van der Waals surface area contributed by atoms with Gasteiger partial charge < -0.3 is 5.73 Å². The van der Waals surface area contributed by atoms with Gasteiger partial charge in [0.1, 0.15) is 0 Å². The SMILES string of the molecule is CC1(c2ccc(C(N)c3ccccc3)nc2F)CC1.Cl. The van der Waals surface area contributed by atoms with Gasteiger partial charge in [-0.25, -0.2) is 4.98 Å². The number of hydrogen-bond donors (Lipinski definition) is 1. The Morgan fingerprint density at radius 1 is 1.15 bits per heavy atom. The highest BCUT2D eigenvalue weighted by Crippen LogP contribution is 2.48. The van der Waals surface area contributed by atoms with Crippen LogP contribution in [0.4, 0.5) is 4.39 Å². The molecule has 1 heterocycles. The van der Waals surface area contributed by atoms with Gasteiger partial charge in [0.05, 0.1) is 11.7 Å². The summed E-state index contributed by atoms with van der Waals surface area (Å²) in [7, 11) is 0. The molecule has 0 spiro atoms. The van der Waals surface area contributed by atoms with E-state index >= 15 is 0 Å². The largest absolute Gasteiger partial charge is 0.319 e. The van der Waals surface area contributed by atoms with Crippen LogP contribution in [0.2, 0.25) is 0 Å². The topological polar surface area (TPSA) is 38.9 Å². The molecule has 0 aliphatic heterocycles. The Kier molecular flexibility index (Phi) is 4.11. The Labute approximate surface area is 124 Å². The maximum absolute atomic E-state index is 14.1. The highest BCUT2D eigenvalue weighted by atomic mass is 35.5. The minimum atomic E-state index is -0.378. The van der Waals surface area contributed by atoms with E-state index in [-0.39, 0.29) is 29.8 Å². The maximum atomic E-state index is 14.1. The van der Waals surface area contributed by atoms with Gasteiger partial charge in [-0.2, -0.15) is 4.39 Å². The van der Waals surface area contributed by atoms with Crippen LogP contribution in [0.15, 0.2) is 42.5 Å². The molecule has 0 radical (unpaired) electrons. The number of benzene rings is 1. The van der Waals surface area contributed by atoms with Crippen LogP contribution in [-0.2, 0) is 5.41 Å². The summed E-state index contributed by atoms with van der Waals surface area (Å²) in [6, 6.07) is 12.9. The summed E-state index contributed by atoms with van der Waals surface area (Å²) < 4.78 is 14.1. The number of rotatable bonds is 3. The minimum Gasteiger partial charge on any atom is -0.319 e. The van der Waals surface area contributed by atoms with E-state index in [4.69, 9.17) is 5.73 Å². The number of hydrogen-bond acceptors (Lipinski definition) is 2. The van der Waals surface area contributed by atoms with Crippen molar-refractivity contribution in [1.82, 2.24) is 4.98 Å². The smallest absolute Gasteiger partial charge is 0.216 e. The molecule has 0 amide bonds. The first kappa shape index (κ1) is 14.9. The Balaban J connectivity index is 0.00000147. The Morgan fingerprint density at radius 3 is 2.35 bits per heavy atom. The molecule has 1 atom stereocenters. The predicted octanol–water partition coefficient (Wildman–Crippen LogP) is 3.74. The zero-order chi connectivity index (χ0) is 13.5. The summed E-state index contributed by atoms with van der Waals surface area (Å²) in [5.41, 5.74) is 8.37. The van der Waals surface area contributed by atoms with Crippen molar-refractivity contribution in [1.29, 1.82) is 0 Å². The van der Waals surface area contributed by atoms with Gasteiger partial charge >= 0.3 is 0 Å². The molecule has 0 bridgehead atoms. The molecule has 2 aromatic rings. The molecule has 1 aromatic carbocycles. The summed E-state index contributed by atoms with van der Waals surface area (Å²) in [6.07, 6.45) is 2.07. The van der Waals surface area contributed by atoms with Crippen LogP contribution in [0.1, 0.15) is 42.6 Å².